The summed E-state index contributed by atoms with van der Waals surface area (Å²) in [5.41, 5.74) is 0.953. The van der Waals surface area contributed by atoms with Crippen LogP contribution in [-0.4, -0.2) is 11.6 Å². The molecule has 0 amide bonds. The van der Waals surface area contributed by atoms with Crippen molar-refractivity contribution in [2.45, 2.75) is 65.5 Å². The monoisotopic (exact) mass is 169 g/mol. The summed E-state index contributed by atoms with van der Waals surface area (Å²) in [6.07, 6.45) is 4.01. The third-order valence-corrected chi connectivity index (χ3v) is 2.86. The fraction of sp³-hybridized carbons (Fsp3) is 1.00. The van der Waals surface area contributed by atoms with E-state index in [9.17, 15) is 0 Å². The molecule has 12 heavy (non-hydrogen) atoms. The van der Waals surface area contributed by atoms with Crippen molar-refractivity contribution in [2.24, 2.45) is 5.41 Å². The molecular weight excluding hydrogens is 146 g/mol. The van der Waals surface area contributed by atoms with E-state index < -0.39 is 0 Å². The van der Waals surface area contributed by atoms with Crippen molar-refractivity contribution in [1.82, 2.24) is 5.32 Å². The lowest BCUT2D eigenvalue weighted by atomic mass is 9.88. The quantitative estimate of drug-likeness (QED) is 0.670. The van der Waals surface area contributed by atoms with Crippen LogP contribution in [0.4, 0.5) is 0 Å². The first-order chi connectivity index (χ1) is 5.33. The van der Waals surface area contributed by atoms with E-state index in [2.05, 4.69) is 39.9 Å². The predicted octanol–water partition coefficient (Wildman–Crippen LogP) is 2.95. The molecular formula is C11H23N. The Morgan fingerprint density at radius 1 is 1.08 bits per heavy atom. The minimum absolute atomic E-state index is 0.400. The van der Waals surface area contributed by atoms with Crippen LogP contribution in [0.2, 0.25) is 0 Å². The van der Waals surface area contributed by atoms with Gasteiger partial charge in [-0.1, -0.05) is 27.7 Å². The van der Waals surface area contributed by atoms with E-state index in [1.165, 1.54) is 19.3 Å². The summed E-state index contributed by atoms with van der Waals surface area (Å²) in [6, 6.07) is 0.615. The number of rotatable bonds is 2. The van der Waals surface area contributed by atoms with Crippen LogP contribution in [0.15, 0.2) is 0 Å². The zero-order valence-electron chi connectivity index (χ0n) is 9.20. The second kappa shape index (κ2) is 3.02. The Kier molecular flexibility index (Phi) is 2.53. The average Bonchev–Trinajstić information content (AvgIpc) is 2.03. The Balaban J connectivity index is 2.53. The van der Waals surface area contributed by atoms with E-state index in [0.717, 1.165) is 0 Å². The molecule has 1 atom stereocenters. The third kappa shape index (κ3) is 2.48. The Labute approximate surface area is 76.9 Å². The Hall–Kier alpha value is -0.0400. The zero-order valence-corrected chi connectivity index (χ0v) is 9.20. The lowest BCUT2D eigenvalue weighted by molar-refractivity contribution is 0.288. The lowest BCUT2D eigenvalue weighted by Gasteiger charge is -2.30. The molecule has 1 unspecified atom stereocenters. The predicted molar refractivity (Wildman–Crippen MR) is 54.3 cm³/mol. The summed E-state index contributed by atoms with van der Waals surface area (Å²) < 4.78 is 0. The van der Waals surface area contributed by atoms with Gasteiger partial charge >= 0.3 is 0 Å². The highest BCUT2D eigenvalue weighted by Crippen LogP contribution is 2.43. The van der Waals surface area contributed by atoms with E-state index in [4.69, 9.17) is 0 Å². The summed E-state index contributed by atoms with van der Waals surface area (Å²) in [6.45, 7) is 11.6. The summed E-state index contributed by atoms with van der Waals surface area (Å²) >= 11 is 0. The molecule has 1 aliphatic carbocycles. The highest BCUT2D eigenvalue weighted by atomic mass is 15.0. The fourth-order valence-corrected chi connectivity index (χ4v) is 2.67. The first kappa shape index (κ1) is 10.0. The topological polar surface area (TPSA) is 12.0 Å². The maximum absolute atomic E-state index is 3.67. The summed E-state index contributed by atoms with van der Waals surface area (Å²) in [5.74, 6) is 0. The van der Waals surface area contributed by atoms with E-state index in [-0.39, 0.29) is 0 Å². The van der Waals surface area contributed by atoms with Gasteiger partial charge in [-0.2, -0.15) is 0 Å². The first-order valence-corrected chi connectivity index (χ1v) is 5.11. The minimum atomic E-state index is 0.400. The van der Waals surface area contributed by atoms with E-state index in [0.29, 0.717) is 17.0 Å². The molecule has 1 saturated carbocycles. The van der Waals surface area contributed by atoms with Crippen LogP contribution >= 0.6 is 0 Å². The van der Waals surface area contributed by atoms with Crippen LogP contribution < -0.4 is 5.32 Å². The van der Waals surface area contributed by atoms with Gasteiger partial charge in [-0.15, -0.1) is 0 Å². The van der Waals surface area contributed by atoms with Crippen molar-refractivity contribution in [3.8, 4) is 0 Å². The largest absolute Gasteiger partial charge is 0.309 e. The van der Waals surface area contributed by atoms with Gasteiger partial charge < -0.3 is 5.32 Å². The second-order valence-electron chi connectivity index (χ2n) is 5.70. The molecule has 72 valence electrons. The molecule has 1 aliphatic rings. The molecule has 0 aromatic heterocycles. The Morgan fingerprint density at radius 3 is 2.00 bits per heavy atom. The molecule has 0 radical (unpaired) electrons. The standard InChI is InChI=1S/C11H23N/c1-9(2)12-11(5)7-6-10(3,4)8-11/h9,12H,6-8H2,1-5H3. The van der Waals surface area contributed by atoms with E-state index in [1.54, 1.807) is 0 Å². The minimum Gasteiger partial charge on any atom is -0.309 e. The van der Waals surface area contributed by atoms with Crippen molar-refractivity contribution in [3.63, 3.8) is 0 Å². The summed E-state index contributed by atoms with van der Waals surface area (Å²) in [4.78, 5) is 0. The van der Waals surface area contributed by atoms with Gasteiger partial charge in [0.25, 0.3) is 0 Å². The highest BCUT2D eigenvalue weighted by Gasteiger charge is 2.39. The number of hydrogen-bond donors (Lipinski definition) is 1. The van der Waals surface area contributed by atoms with Crippen molar-refractivity contribution < 1.29 is 0 Å². The van der Waals surface area contributed by atoms with Gasteiger partial charge in [-0.25, -0.2) is 0 Å². The molecule has 0 spiro atoms. The van der Waals surface area contributed by atoms with Gasteiger partial charge in [0.2, 0.25) is 0 Å². The molecule has 1 nitrogen and oxygen atoms in total. The zero-order chi connectivity index (χ0) is 9.41. The molecule has 0 heterocycles. The van der Waals surface area contributed by atoms with Crippen LogP contribution in [0.1, 0.15) is 53.9 Å². The molecule has 1 rings (SSSR count). The van der Waals surface area contributed by atoms with Crippen LogP contribution in [0.25, 0.3) is 0 Å². The normalized spacial score (nSPS) is 34.5. The Bertz CT molecular complexity index is 160. The SMILES string of the molecule is CC(C)NC1(C)CCC(C)(C)C1. The fourth-order valence-electron chi connectivity index (χ4n) is 2.67. The molecule has 1 fully saturated rings. The molecule has 0 aromatic carbocycles. The smallest absolute Gasteiger partial charge is 0.0161 e. The van der Waals surface area contributed by atoms with Gasteiger partial charge in [-0.3, -0.25) is 0 Å². The van der Waals surface area contributed by atoms with Gasteiger partial charge in [0, 0.05) is 11.6 Å². The maximum atomic E-state index is 3.67. The van der Waals surface area contributed by atoms with Crippen LogP contribution in [0, 0.1) is 5.41 Å². The first-order valence-electron chi connectivity index (χ1n) is 5.11. The van der Waals surface area contributed by atoms with Gasteiger partial charge in [0.15, 0.2) is 0 Å². The summed E-state index contributed by atoms with van der Waals surface area (Å²) in [7, 11) is 0. The van der Waals surface area contributed by atoms with Crippen molar-refractivity contribution >= 4 is 0 Å². The molecule has 0 aliphatic heterocycles. The summed E-state index contributed by atoms with van der Waals surface area (Å²) in [5, 5.41) is 3.67. The second-order valence-corrected chi connectivity index (χ2v) is 5.70. The van der Waals surface area contributed by atoms with Gasteiger partial charge in [0.05, 0.1) is 0 Å². The van der Waals surface area contributed by atoms with Gasteiger partial charge in [0.1, 0.15) is 0 Å². The molecule has 0 aromatic rings. The van der Waals surface area contributed by atoms with Crippen LogP contribution in [-0.2, 0) is 0 Å². The molecule has 0 bridgehead atoms. The van der Waals surface area contributed by atoms with Crippen LogP contribution in [0.3, 0.4) is 0 Å². The average molecular weight is 169 g/mol. The molecule has 1 heteroatoms. The van der Waals surface area contributed by atoms with E-state index in [1.807, 2.05) is 0 Å². The lowest BCUT2D eigenvalue weighted by Crippen LogP contribution is -2.44. The number of hydrogen-bond acceptors (Lipinski definition) is 1. The third-order valence-electron chi connectivity index (χ3n) is 2.86. The molecule has 1 N–H and O–H groups in total. The number of nitrogens with one attached hydrogen (secondary N) is 1. The van der Waals surface area contributed by atoms with Crippen molar-refractivity contribution in [1.29, 1.82) is 0 Å². The van der Waals surface area contributed by atoms with Crippen molar-refractivity contribution in [3.05, 3.63) is 0 Å². The Morgan fingerprint density at radius 2 is 1.67 bits per heavy atom. The highest BCUT2D eigenvalue weighted by molar-refractivity contribution is 4.97. The molecule has 0 saturated heterocycles. The van der Waals surface area contributed by atoms with Crippen LogP contribution in [0.5, 0.6) is 0 Å². The van der Waals surface area contributed by atoms with Gasteiger partial charge in [-0.05, 0) is 31.6 Å². The maximum Gasteiger partial charge on any atom is 0.0161 e. The van der Waals surface area contributed by atoms with Crippen molar-refractivity contribution in [2.75, 3.05) is 0 Å². The van der Waals surface area contributed by atoms with E-state index >= 15 is 0 Å².